The van der Waals surface area contributed by atoms with Gasteiger partial charge in [0, 0.05) is 18.3 Å². The van der Waals surface area contributed by atoms with Gasteiger partial charge in [0.2, 0.25) is 5.91 Å². The van der Waals surface area contributed by atoms with Crippen molar-refractivity contribution in [3.8, 4) is 6.07 Å². The molecular weight excluding hydrogens is 407 g/mol. The quantitative estimate of drug-likeness (QED) is 0.744. The number of nitrogens with one attached hydrogen (secondary N) is 2. The molecule has 0 saturated carbocycles. The largest absolute Gasteiger partial charge is 0.357 e. The van der Waals surface area contributed by atoms with Crippen LogP contribution in [0, 0.1) is 17.1 Å². The number of aromatic nitrogens is 1. The van der Waals surface area contributed by atoms with Gasteiger partial charge in [0.15, 0.2) is 5.13 Å². The number of likely N-dealkylation sites (tertiary alicyclic amines) is 1. The van der Waals surface area contributed by atoms with Gasteiger partial charge in [-0.25, -0.2) is 18.2 Å². The molecule has 0 unspecified atom stereocenters. The lowest BCUT2D eigenvalue weighted by atomic mass is 10.2. The second-order valence-corrected chi connectivity index (χ2v) is 7.29. The molecule has 152 valence electrons. The van der Waals surface area contributed by atoms with E-state index in [4.69, 9.17) is 5.26 Å². The zero-order valence-corrected chi connectivity index (χ0v) is 15.8. The summed E-state index contributed by atoms with van der Waals surface area (Å²) in [5, 5.41) is 16.2. The van der Waals surface area contributed by atoms with E-state index in [0.29, 0.717) is 11.7 Å². The molecule has 11 heteroatoms. The highest BCUT2D eigenvalue weighted by molar-refractivity contribution is 7.13. The maximum atomic E-state index is 13.4. The monoisotopic (exact) mass is 423 g/mol. The molecule has 1 aliphatic heterocycles. The van der Waals surface area contributed by atoms with Crippen molar-refractivity contribution in [2.45, 2.75) is 24.9 Å². The van der Waals surface area contributed by atoms with E-state index in [9.17, 15) is 22.8 Å². The number of nitrogens with zero attached hydrogens (tertiary/aromatic N) is 3. The first-order valence-corrected chi connectivity index (χ1v) is 9.44. The Morgan fingerprint density at radius 2 is 2.07 bits per heavy atom. The molecule has 7 nitrogen and oxygen atoms in total. The van der Waals surface area contributed by atoms with Crippen LogP contribution in [-0.4, -0.2) is 46.8 Å². The number of carbonyl (C=O) groups is 2. The number of halogens is 3. The number of nitriles is 1. The Morgan fingerprint density at radius 3 is 2.76 bits per heavy atom. The Morgan fingerprint density at radius 1 is 1.34 bits per heavy atom. The molecule has 2 N–H and O–H groups in total. The van der Waals surface area contributed by atoms with Crippen LogP contribution in [0.2, 0.25) is 0 Å². The topological polar surface area (TPSA) is 98.1 Å². The van der Waals surface area contributed by atoms with Gasteiger partial charge in [-0.1, -0.05) is 12.1 Å². The van der Waals surface area contributed by atoms with Crippen LogP contribution in [0.1, 0.15) is 22.5 Å². The summed E-state index contributed by atoms with van der Waals surface area (Å²) < 4.78 is 39.7. The van der Waals surface area contributed by atoms with Crippen molar-refractivity contribution in [2.75, 3.05) is 18.4 Å². The zero-order chi connectivity index (χ0) is 21.0. The Kier molecular flexibility index (Phi) is 6.03. The predicted molar refractivity (Wildman–Crippen MR) is 98.9 cm³/mol. The highest BCUT2D eigenvalue weighted by Gasteiger charge is 2.47. The molecule has 1 aromatic heterocycles. The number of hydrogen-bond donors (Lipinski definition) is 2. The van der Waals surface area contributed by atoms with Crippen LogP contribution < -0.4 is 10.6 Å². The van der Waals surface area contributed by atoms with Crippen LogP contribution in [0.4, 0.5) is 18.3 Å². The van der Waals surface area contributed by atoms with Gasteiger partial charge >= 0.3 is 0 Å². The van der Waals surface area contributed by atoms with E-state index >= 15 is 0 Å². The van der Waals surface area contributed by atoms with Crippen LogP contribution in [-0.2, 0) is 11.3 Å². The molecule has 3 rings (SSSR count). The second-order valence-electron chi connectivity index (χ2n) is 6.43. The Balaban J connectivity index is 1.50. The smallest absolute Gasteiger partial charge is 0.271 e. The molecule has 0 spiro atoms. The van der Waals surface area contributed by atoms with Crippen molar-refractivity contribution in [1.82, 2.24) is 15.2 Å². The second kappa shape index (κ2) is 8.48. The van der Waals surface area contributed by atoms with Crippen molar-refractivity contribution in [3.63, 3.8) is 0 Å². The fourth-order valence-corrected chi connectivity index (χ4v) is 3.47. The third-order valence-corrected chi connectivity index (χ3v) is 5.03. The number of carbonyl (C=O) groups excluding carboxylic acids is 2. The Bertz CT molecular complexity index is 942. The summed E-state index contributed by atoms with van der Waals surface area (Å²) in [6, 6.07) is 6.37. The highest BCUT2D eigenvalue weighted by atomic mass is 32.1. The molecule has 29 heavy (non-hydrogen) atoms. The number of rotatable bonds is 6. The van der Waals surface area contributed by atoms with Gasteiger partial charge in [-0.2, -0.15) is 5.26 Å². The normalized spacial score (nSPS) is 17.6. The van der Waals surface area contributed by atoms with Gasteiger partial charge in [-0.05, 0) is 17.7 Å². The summed E-state index contributed by atoms with van der Waals surface area (Å²) in [5.41, 5.74) is 0.889. The maximum absolute atomic E-state index is 13.4. The van der Waals surface area contributed by atoms with Gasteiger partial charge in [0.1, 0.15) is 17.6 Å². The van der Waals surface area contributed by atoms with Crippen LogP contribution in [0.5, 0.6) is 0 Å². The Labute approximate surface area is 168 Å². The molecule has 0 bridgehead atoms. The number of anilines is 1. The first-order valence-electron chi connectivity index (χ1n) is 8.56. The van der Waals surface area contributed by atoms with E-state index in [1.54, 1.807) is 18.2 Å². The predicted octanol–water partition coefficient (Wildman–Crippen LogP) is 2.38. The lowest BCUT2D eigenvalue weighted by molar-refractivity contribution is -0.131. The van der Waals surface area contributed by atoms with Crippen molar-refractivity contribution in [2.24, 2.45) is 0 Å². The fourth-order valence-electron chi connectivity index (χ4n) is 2.78. The molecule has 1 atom stereocenters. The molecule has 2 aromatic rings. The summed E-state index contributed by atoms with van der Waals surface area (Å²) in [6.07, 6.45) is -0.710. The van der Waals surface area contributed by atoms with Crippen molar-refractivity contribution < 1.29 is 22.8 Å². The molecule has 1 aromatic carbocycles. The lowest BCUT2D eigenvalue weighted by Crippen LogP contribution is -2.43. The molecular formula is C18H16F3N5O2S. The van der Waals surface area contributed by atoms with E-state index in [1.807, 2.05) is 0 Å². The average molecular weight is 423 g/mol. The average Bonchev–Trinajstić information content (AvgIpc) is 3.29. The lowest BCUT2D eigenvalue weighted by Gasteiger charge is -2.19. The van der Waals surface area contributed by atoms with E-state index in [2.05, 4.69) is 15.6 Å². The summed E-state index contributed by atoms with van der Waals surface area (Å²) in [6.45, 7) is -0.969. The number of thiazole rings is 1. The number of alkyl halides is 2. The summed E-state index contributed by atoms with van der Waals surface area (Å²) in [5.74, 6) is -4.84. The molecule has 0 radical (unpaired) electrons. The number of amides is 2. The van der Waals surface area contributed by atoms with Crippen LogP contribution in [0.25, 0.3) is 0 Å². The standard InChI is InChI=1S/C18H16F3N5O2S/c19-12-3-1-11(2-4-12)7-24-17-25-14(9-29-17)16(28)23-8-15(27)26-10-18(20,21)5-13(26)6-22/h1-4,9,13H,5,7-8,10H2,(H,23,28)(H,24,25)/t13-/m0/s1. The first kappa shape index (κ1) is 20.6. The minimum Gasteiger partial charge on any atom is -0.357 e. The number of benzene rings is 1. The molecule has 1 saturated heterocycles. The summed E-state index contributed by atoms with van der Waals surface area (Å²) >= 11 is 1.17. The van der Waals surface area contributed by atoms with E-state index in [-0.39, 0.29) is 11.5 Å². The van der Waals surface area contributed by atoms with Crippen LogP contribution in [0.15, 0.2) is 29.6 Å². The van der Waals surface area contributed by atoms with Gasteiger partial charge in [0.05, 0.1) is 19.2 Å². The molecule has 0 aliphatic carbocycles. The van der Waals surface area contributed by atoms with Crippen molar-refractivity contribution in [3.05, 3.63) is 46.7 Å². The van der Waals surface area contributed by atoms with Crippen molar-refractivity contribution in [1.29, 1.82) is 5.26 Å². The maximum Gasteiger partial charge on any atom is 0.271 e. The van der Waals surface area contributed by atoms with Crippen LogP contribution in [0.3, 0.4) is 0 Å². The van der Waals surface area contributed by atoms with Gasteiger partial charge in [-0.15, -0.1) is 11.3 Å². The summed E-state index contributed by atoms with van der Waals surface area (Å²) in [4.78, 5) is 29.1. The third kappa shape index (κ3) is 5.23. The van der Waals surface area contributed by atoms with Crippen LogP contribution >= 0.6 is 11.3 Å². The van der Waals surface area contributed by atoms with Gasteiger partial charge < -0.3 is 15.5 Å². The molecule has 1 aliphatic rings. The minimum absolute atomic E-state index is 0.0630. The van der Waals surface area contributed by atoms with E-state index in [1.165, 1.54) is 28.8 Å². The SMILES string of the molecule is N#C[C@@H]1CC(F)(F)CN1C(=O)CNC(=O)c1csc(NCc2ccc(F)cc2)n1. The zero-order valence-electron chi connectivity index (χ0n) is 15.0. The third-order valence-electron chi connectivity index (χ3n) is 4.23. The number of hydrogen-bond acceptors (Lipinski definition) is 6. The van der Waals surface area contributed by atoms with E-state index < -0.39 is 43.3 Å². The van der Waals surface area contributed by atoms with Gasteiger partial charge in [0.25, 0.3) is 11.8 Å². The van der Waals surface area contributed by atoms with E-state index in [0.717, 1.165) is 10.5 Å². The fraction of sp³-hybridized carbons (Fsp3) is 0.333. The van der Waals surface area contributed by atoms with Gasteiger partial charge in [-0.3, -0.25) is 9.59 Å². The molecule has 1 fully saturated rings. The molecule has 2 amide bonds. The minimum atomic E-state index is -3.11. The summed E-state index contributed by atoms with van der Waals surface area (Å²) in [7, 11) is 0. The van der Waals surface area contributed by atoms with Crippen molar-refractivity contribution >= 4 is 28.3 Å². The first-order chi connectivity index (χ1) is 13.8. The molecule has 2 heterocycles. The Hall–Kier alpha value is -3.13. The highest BCUT2D eigenvalue weighted by Crippen LogP contribution is 2.31.